The van der Waals surface area contributed by atoms with Gasteiger partial charge in [0.2, 0.25) is 0 Å². The normalized spacial score (nSPS) is 10.4. The Bertz CT molecular complexity index is 1130. The third-order valence-corrected chi connectivity index (χ3v) is 6.92. The predicted octanol–water partition coefficient (Wildman–Crippen LogP) is 7.02. The van der Waals surface area contributed by atoms with Gasteiger partial charge in [-0.15, -0.1) is 35.8 Å². The van der Waals surface area contributed by atoms with Gasteiger partial charge in [0.25, 0.3) is 0 Å². The lowest BCUT2D eigenvalue weighted by Gasteiger charge is -2.19. The molecular formula is C25H29N5S2. The van der Waals surface area contributed by atoms with Crippen molar-refractivity contribution in [3.05, 3.63) is 83.0 Å². The summed E-state index contributed by atoms with van der Waals surface area (Å²) in [6.45, 7) is 13.1. The monoisotopic (exact) mass is 463 g/mol. The first-order chi connectivity index (χ1) is 15.5. The Hall–Kier alpha value is -3.03. The highest BCUT2D eigenvalue weighted by atomic mass is 32.1. The molecule has 1 aromatic carbocycles. The van der Waals surface area contributed by atoms with Crippen LogP contribution in [0, 0.1) is 13.8 Å². The van der Waals surface area contributed by atoms with E-state index in [1.54, 1.807) is 22.7 Å². The van der Waals surface area contributed by atoms with E-state index in [4.69, 9.17) is 4.98 Å². The highest BCUT2D eigenvalue weighted by molar-refractivity contribution is 7.16. The lowest BCUT2D eigenvalue weighted by molar-refractivity contribution is 0.915. The zero-order chi connectivity index (χ0) is 23.1. The van der Waals surface area contributed by atoms with E-state index in [-0.39, 0.29) is 0 Å². The number of nitrogens with one attached hydrogen (secondary N) is 1. The number of hydrogen-bond acceptors (Lipinski definition) is 7. The van der Waals surface area contributed by atoms with Crippen LogP contribution in [0.15, 0.2) is 61.1 Å². The molecule has 0 aliphatic carbocycles. The van der Waals surface area contributed by atoms with Crippen LogP contribution < -0.4 is 10.2 Å². The quantitative estimate of drug-likeness (QED) is 0.298. The summed E-state index contributed by atoms with van der Waals surface area (Å²) in [6.07, 6.45) is 2.87. The number of anilines is 3. The van der Waals surface area contributed by atoms with Crippen molar-refractivity contribution in [1.82, 2.24) is 15.0 Å². The maximum absolute atomic E-state index is 4.73. The van der Waals surface area contributed by atoms with Crippen molar-refractivity contribution >= 4 is 39.3 Å². The Kier molecular flexibility index (Phi) is 8.14. The molecule has 0 aliphatic rings. The van der Waals surface area contributed by atoms with E-state index in [2.05, 4.69) is 89.9 Å². The van der Waals surface area contributed by atoms with Gasteiger partial charge in [-0.1, -0.05) is 30.7 Å². The minimum atomic E-state index is 0.799. The third kappa shape index (κ3) is 5.81. The Morgan fingerprint density at radius 2 is 1.78 bits per heavy atom. The molecule has 5 nitrogen and oxygen atoms in total. The molecule has 0 radical (unpaired) electrons. The van der Waals surface area contributed by atoms with Crippen LogP contribution in [0.3, 0.4) is 0 Å². The molecule has 166 valence electrons. The van der Waals surface area contributed by atoms with Crippen molar-refractivity contribution in [2.45, 2.75) is 33.7 Å². The maximum atomic E-state index is 4.73. The molecule has 0 bridgehead atoms. The van der Waals surface area contributed by atoms with Crippen LogP contribution in [0.1, 0.15) is 28.8 Å². The molecular weight excluding hydrogens is 434 g/mol. The van der Waals surface area contributed by atoms with E-state index in [0.717, 1.165) is 50.8 Å². The molecule has 7 heteroatoms. The predicted molar refractivity (Wildman–Crippen MR) is 139 cm³/mol. The van der Waals surface area contributed by atoms with E-state index in [1.165, 1.54) is 11.3 Å². The lowest BCUT2D eigenvalue weighted by atomic mass is 10.2. The van der Waals surface area contributed by atoms with Crippen LogP contribution in [0.4, 0.5) is 16.6 Å². The number of hydrogen-bond donors (Lipinski definition) is 1. The van der Waals surface area contributed by atoms with Gasteiger partial charge in [-0.25, -0.2) is 15.0 Å². The molecule has 0 amide bonds. The standard InChI is InChI=1S/C23H25N5S2.C2H4/c1-5-21-25-16(3)22(30-21)19-14-29-23(26-19)27-20-11-8-17(12-24-20)13-28(4)18-9-6-15(2)7-10-18;1-2/h6-12,14H,5,13H2,1-4H3,(H,24,26,27);1-2H2. The average Bonchev–Trinajstić information content (AvgIpc) is 3.43. The van der Waals surface area contributed by atoms with Crippen molar-refractivity contribution in [1.29, 1.82) is 0 Å². The third-order valence-electron chi connectivity index (χ3n) is 4.83. The molecule has 0 fully saturated rings. The summed E-state index contributed by atoms with van der Waals surface area (Å²) in [5, 5.41) is 7.39. The fourth-order valence-corrected chi connectivity index (χ4v) is 4.89. The maximum Gasteiger partial charge on any atom is 0.188 e. The molecule has 1 N–H and O–H groups in total. The summed E-state index contributed by atoms with van der Waals surface area (Å²) < 4.78 is 0. The van der Waals surface area contributed by atoms with E-state index >= 15 is 0 Å². The number of pyridine rings is 1. The Morgan fingerprint density at radius 3 is 2.41 bits per heavy atom. The molecule has 3 aromatic heterocycles. The fraction of sp³-hybridized carbons (Fsp3) is 0.240. The van der Waals surface area contributed by atoms with Gasteiger partial charge in [-0.3, -0.25) is 0 Å². The molecule has 3 heterocycles. The molecule has 4 aromatic rings. The van der Waals surface area contributed by atoms with Crippen LogP contribution in [0.2, 0.25) is 0 Å². The molecule has 0 saturated heterocycles. The van der Waals surface area contributed by atoms with E-state index in [0.29, 0.717) is 0 Å². The Labute approximate surface area is 198 Å². The topological polar surface area (TPSA) is 53.9 Å². The van der Waals surface area contributed by atoms with Gasteiger partial charge in [0.1, 0.15) is 5.82 Å². The van der Waals surface area contributed by atoms with Gasteiger partial charge in [0, 0.05) is 30.9 Å². The lowest BCUT2D eigenvalue weighted by Crippen LogP contribution is -2.16. The molecule has 0 atom stereocenters. The first-order valence-electron chi connectivity index (χ1n) is 10.4. The van der Waals surface area contributed by atoms with E-state index in [1.807, 2.05) is 19.2 Å². The molecule has 0 saturated carbocycles. The highest BCUT2D eigenvalue weighted by Gasteiger charge is 2.13. The number of thiazole rings is 2. The van der Waals surface area contributed by atoms with Gasteiger partial charge in [-0.2, -0.15) is 0 Å². The Balaban J connectivity index is 0.00000141. The van der Waals surface area contributed by atoms with Crippen LogP contribution in [-0.2, 0) is 13.0 Å². The smallest absolute Gasteiger partial charge is 0.188 e. The zero-order valence-corrected chi connectivity index (χ0v) is 20.7. The number of aryl methyl sites for hydroxylation is 3. The van der Waals surface area contributed by atoms with Gasteiger partial charge < -0.3 is 10.2 Å². The molecule has 32 heavy (non-hydrogen) atoms. The second kappa shape index (κ2) is 11.0. The summed E-state index contributed by atoms with van der Waals surface area (Å²) in [6, 6.07) is 12.7. The summed E-state index contributed by atoms with van der Waals surface area (Å²) >= 11 is 3.31. The van der Waals surface area contributed by atoms with Crippen LogP contribution in [0.25, 0.3) is 10.6 Å². The largest absolute Gasteiger partial charge is 0.370 e. The van der Waals surface area contributed by atoms with Crippen LogP contribution >= 0.6 is 22.7 Å². The Morgan fingerprint density at radius 1 is 1.03 bits per heavy atom. The average molecular weight is 464 g/mol. The summed E-state index contributed by atoms with van der Waals surface area (Å²) in [4.78, 5) is 17.3. The zero-order valence-electron chi connectivity index (χ0n) is 19.1. The van der Waals surface area contributed by atoms with Gasteiger partial charge in [0.15, 0.2) is 5.13 Å². The minimum Gasteiger partial charge on any atom is -0.370 e. The van der Waals surface area contributed by atoms with Crippen molar-refractivity contribution < 1.29 is 0 Å². The minimum absolute atomic E-state index is 0.799. The van der Waals surface area contributed by atoms with Gasteiger partial charge in [-0.05, 0) is 44.0 Å². The summed E-state index contributed by atoms with van der Waals surface area (Å²) in [7, 11) is 2.10. The second-order valence-electron chi connectivity index (χ2n) is 7.28. The van der Waals surface area contributed by atoms with Crippen molar-refractivity contribution in [3.63, 3.8) is 0 Å². The molecule has 0 unspecified atom stereocenters. The SMILES string of the molecule is C=C.CCc1nc(C)c(-c2csc(Nc3ccc(CN(C)c4ccc(C)cc4)cn3)n2)s1. The number of aromatic nitrogens is 3. The molecule has 4 rings (SSSR count). The highest BCUT2D eigenvalue weighted by Crippen LogP contribution is 2.33. The van der Waals surface area contributed by atoms with E-state index < -0.39 is 0 Å². The molecule has 0 aliphatic heterocycles. The first kappa shape index (κ1) is 23.6. The fourth-order valence-electron chi connectivity index (χ4n) is 3.14. The number of rotatable bonds is 7. The van der Waals surface area contributed by atoms with Crippen LogP contribution in [-0.4, -0.2) is 22.0 Å². The van der Waals surface area contributed by atoms with Gasteiger partial charge >= 0.3 is 0 Å². The first-order valence-corrected chi connectivity index (χ1v) is 12.1. The molecule has 0 spiro atoms. The van der Waals surface area contributed by atoms with Crippen molar-refractivity contribution in [2.24, 2.45) is 0 Å². The second-order valence-corrected chi connectivity index (χ2v) is 9.22. The van der Waals surface area contributed by atoms with Crippen LogP contribution in [0.5, 0.6) is 0 Å². The summed E-state index contributed by atoms with van der Waals surface area (Å²) in [5.41, 5.74) is 5.66. The van der Waals surface area contributed by atoms with Crippen molar-refractivity contribution in [3.8, 4) is 10.6 Å². The summed E-state index contributed by atoms with van der Waals surface area (Å²) in [5.74, 6) is 0.799. The van der Waals surface area contributed by atoms with E-state index in [9.17, 15) is 0 Å². The number of nitrogens with zero attached hydrogens (tertiary/aromatic N) is 4. The van der Waals surface area contributed by atoms with Crippen molar-refractivity contribution in [2.75, 3.05) is 17.3 Å². The number of benzene rings is 1. The van der Waals surface area contributed by atoms with Gasteiger partial charge in [0.05, 0.1) is 21.3 Å².